The highest BCUT2D eigenvalue weighted by molar-refractivity contribution is 6.47. The minimum absolute atomic E-state index is 0.0000794. The third kappa shape index (κ3) is 7.95. The first-order chi connectivity index (χ1) is 15.6. The fourth-order valence-electron chi connectivity index (χ4n) is 3.40. The van der Waals surface area contributed by atoms with Gasteiger partial charge < -0.3 is 24.5 Å². The lowest BCUT2D eigenvalue weighted by molar-refractivity contribution is -0.157. The average Bonchev–Trinajstić information content (AvgIpc) is 2.73. The van der Waals surface area contributed by atoms with Crippen LogP contribution < -0.4 is 9.97 Å². The summed E-state index contributed by atoms with van der Waals surface area (Å²) in [6, 6.07) is 4.58. The van der Waals surface area contributed by atoms with Crippen LogP contribution in [0, 0.1) is 5.92 Å². The molecular weight excluding hydrogens is 446 g/mol. The molecule has 182 valence electrons. The van der Waals surface area contributed by atoms with Crippen molar-refractivity contribution >= 4 is 25.0 Å². The minimum Gasteiger partial charge on any atom is -0.534 e. The van der Waals surface area contributed by atoms with Crippen LogP contribution in [0.2, 0.25) is 0 Å². The number of para-hydroxylation sites is 1. The van der Waals surface area contributed by atoms with Crippen LogP contribution in [-0.2, 0) is 25.5 Å². The van der Waals surface area contributed by atoms with Crippen LogP contribution in [0.5, 0.6) is 5.75 Å². The first kappa shape index (κ1) is 26.5. The summed E-state index contributed by atoms with van der Waals surface area (Å²) in [4.78, 5) is 36.2. The van der Waals surface area contributed by atoms with Crippen molar-refractivity contribution < 1.29 is 46.7 Å². The van der Waals surface area contributed by atoms with Crippen LogP contribution in [-0.4, -0.2) is 48.9 Å². The summed E-state index contributed by atoms with van der Waals surface area (Å²) in [6.45, 7) is 3.12. The quantitative estimate of drug-likeness (QED) is 0.305. The highest BCUT2D eigenvalue weighted by Gasteiger charge is 2.38. The molecule has 0 saturated carbocycles. The number of amides is 1. The van der Waals surface area contributed by atoms with Crippen molar-refractivity contribution in [2.45, 2.75) is 64.5 Å². The van der Waals surface area contributed by atoms with Crippen LogP contribution in [0.1, 0.15) is 61.9 Å². The lowest BCUT2D eigenvalue weighted by Gasteiger charge is -2.29. The fraction of sp³-hybridized carbons (Fsp3) is 0.571. The number of carbonyl (C=O) groups excluding carboxylic acids is 3. The van der Waals surface area contributed by atoms with Crippen molar-refractivity contribution in [3.8, 4) is 5.75 Å². The van der Waals surface area contributed by atoms with Gasteiger partial charge in [-0.1, -0.05) is 26.0 Å². The molecule has 0 spiro atoms. The number of fused-ring (bicyclic) bond motifs is 1. The number of rotatable bonds is 10. The molecule has 12 heteroatoms. The van der Waals surface area contributed by atoms with Gasteiger partial charge in [0, 0.05) is 12.8 Å². The van der Waals surface area contributed by atoms with Gasteiger partial charge in [-0.15, -0.1) is 0 Å². The standard InChI is InChI=1S/C21H27BF3NO7/c1-3-13(4-2)19(28)31-12-32-20(29)15-8-5-7-14-11-16(22(30)33-18(14)15)26-17(27)9-6-10-21(23,24)25/h5,7-8,13,16,30H,3-4,6,9-12H2,1-2H3,(H,26,27). The summed E-state index contributed by atoms with van der Waals surface area (Å²) in [5.41, 5.74) is 0.490. The van der Waals surface area contributed by atoms with E-state index in [0.717, 1.165) is 0 Å². The van der Waals surface area contributed by atoms with Crippen molar-refractivity contribution in [2.75, 3.05) is 6.79 Å². The van der Waals surface area contributed by atoms with Crippen LogP contribution in [0.3, 0.4) is 0 Å². The second kappa shape index (κ2) is 11.9. The van der Waals surface area contributed by atoms with Gasteiger partial charge >= 0.3 is 25.2 Å². The molecule has 1 unspecified atom stereocenters. The summed E-state index contributed by atoms with van der Waals surface area (Å²) in [5.74, 6) is -3.07. The predicted molar refractivity (Wildman–Crippen MR) is 111 cm³/mol. The summed E-state index contributed by atoms with van der Waals surface area (Å²) in [6.07, 6.45) is -4.85. The van der Waals surface area contributed by atoms with E-state index >= 15 is 0 Å². The highest BCUT2D eigenvalue weighted by Crippen LogP contribution is 2.31. The van der Waals surface area contributed by atoms with E-state index in [1.54, 1.807) is 12.1 Å². The molecule has 0 bridgehead atoms. The summed E-state index contributed by atoms with van der Waals surface area (Å²) in [5, 5.41) is 12.7. The molecule has 2 N–H and O–H groups in total. The third-order valence-electron chi connectivity index (χ3n) is 5.26. The van der Waals surface area contributed by atoms with Gasteiger partial charge in [0.2, 0.25) is 12.7 Å². The lowest BCUT2D eigenvalue weighted by Crippen LogP contribution is -2.53. The van der Waals surface area contributed by atoms with E-state index in [-0.39, 0.29) is 36.5 Å². The summed E-state index contributed by atoms with van der Waals surface area (Å²) >= 11 is 0. The second-order valence-electron chi connectivity index (χ2n) is 7.68. The molecular formula is C21H27BF3NO7. The number of nitrogens with one attached hydrogen (secondary N) is 1. The highest BCUT2D eigenvalue weighted by atomic mass is 19.4. The molecule has 0 aromatic heterocycles. The van der Waals surface area contributed by atoms with Crippen molar-refractivity contribution in [1.29, 1.82) is 0 Å². The Kier molecular flexibility index (Phi) is 9.57. The predicted octanol–water partition coefficient (Wildman–Crippen LogP) is 2.95. The number of esters is 2. The Morgan fingerprint density at radius 2 is 1.94 bits per heavy atom. The fourth-order valence-corrected chi connectivity index (χ4v) is 3.40. The molecule has 8 nitrogen and oxygen atoms in total. The van der Waals surface area contributed by atoms with E-state index in [2.05, 4.69) is 5.32 Å². The van der Waals surface area contributed by atoms with Gasteiger partial charge in [-0.05, 0) is 37.3 Å². The van der Waals surface area contributed by atoms with E-state index in [9.17, 15) is 32.6 Å². The van der Waals surface area contributed by atoms with Gasteiger partial charge in [0.05, 0.1) is 11.9 Å². The van der Waals surface area contributed by atoms with Crippen molar-refractivity contribution in [1.82, 2.24) is 5.32 Å². The van der Waals surface area contributed by atoms with Crippen LogP contribution >= 0.6 is 0 Å². The van der Waals surface area contributed by atoms with E-state index in [0.29, 0.717) is 18.4 Å². The topological polar surface area (TPSA) is 111 Å². The van der Waals surface area contributed by atoms with Gasteiger partial charge in [-0.3, -0.25) is 9.59 Å². The van der Waals surface area contributed by atoms with E-state index in [1.165, 1.54) is 6.07 Å². The molecule has 1 aromatic rings. The van der Waals surface area contributed by atoms with Crippen LogP contribution in [0.15, 0.2) is 18.2 Å². The number of hydrogen-bond donors (Lipinski definition) is 2. The molecule has 1 aromatic carbocycles. The molecule has 0 radical (unpaired) electrons. The first-order valence-corrected chi connectivity index (χ1v) is 10.7. The molecule has 2 rings (SSSR count). The molecule has 0 aliphatic carbocycles. The van der Waals surface area contributed by atoms with Crippen molar-refractivity contribution in [3.05, 3.63) is 29.3 Å². The molecule has 1 amide bonds. The van der Waals surface area contributed by atoms with E-state index in [1.807, 2.05) is 13.8 Å². The SMILES string of the molecule is CCC(CC)C(=O)OCOC(=O)c1cccc2c1OB(O)C(NC(=O)CCCC(F)(F)F)C2. The zero-order valence-corrected chi connectivity index (χ0v) is 18.4. The number of hydrogen-bond acceptors (Lipinski definition) is 7. The zero-order chi connectivity index (χ0) is 24.6. The molecule has 1 heterocycles. The summed E-state index contributed by atoms with van der Waals surface area (Å²) in [7, 11) is -1.52. The maximum atomic E-state index is 12.4. The summed E-state index contributed by atoms with van der Waals surface area (Å²) < 4.78 is 52.1. The van der Waals surface area contributed by atoms with Gasteiger partial charge in [-0.2, -0.15) is 13.2 Å². The minimum atomic E-state index is -4.34. The molecule has 0 fully saturated rings. The van der Waals surface area contributed by atoms with E-state index < -0.39 is 50.3 Å². The van der Waals surface area contributed by atoms with Crippen LogP contribution in [0.25, 0.3) is 0 Å². The second-order valence-corrected chi connectivity index (χ2v) is 7.68. The Bertz CT molecular complexity index is 846. The number of carbonyl (C=O) groups is 3. The molecule has 1 atom stereocenters. The van der Waals surface area contributed by atoms with Gasteiger partial charge in [0.25, 0.3) is 0 Å². The average molecular weight is 473 g/mol. The van der Waals surface area contributed by atoms with Crippen molar-refractivity contribution in [3.63, 3.8) is 0 Å². The largest absolute Gasteiger partial charge is 0.547 e. The monoisotopic (exact) mass is 473 g/mol. The normalized spacial score (nSPS) is 15.5. The Morgan fingerprint density at radius 1 is 1.24 bits per heavy atom. The Labute approximate surface area is 189 Å². The number of ether oxygens (including phenoxy) is 2. The maximum absolute atomic E-state index is 12.4. The Hall–Kier alpha value is -2.76. The zero-order valence-electron chi connectivity index (χ0n) is 18.4. The van der Waals surface area contributed by atoms with Crippen LogP contribution in [0.4, 0.5) is 13.2 Å². The molecule has 0 saturated heterocycles. The molecule has 33 heavy (non-hydrogen) atoms. The van der Waals surface area contributed by atoms with Gasteiger partial charge in [0.1, 0.15) is 11.3 Å². The smallest absolute Gasteiger partial charge is 0.534 e. The maximum Gasteiger partial charge on any atom is 0.547 e. The van der Waals surface area contributed by atoms with Crippen molar-refractivity contribution in [2.24, 2.45) is 5.92 Å². The number of alkyl halides is 3. The molecule has 1 aliphatic rings. The third-order valence-corrected chi connectivity index (χ3v) is 5.26. The van der Waals surface area contributed by atoms with Gasteiger partial charge in [-0.25, -0.2) is 4.79 Å². The Balaban J connectivity index is 1.95. The Morgan fingerprint density at radius 3 is 2.58 bits per heavy atom. The number of halogens is 3. The van der Waals surface area contributed by atoms with Gasteiger partial charge in [0.15, 0.2) is 0 Å². The first-order valence-electron chi connectivity index (χ1n) is 10.7. The molecule has 1 aliphatic heterocycles. The lowest BCUT2D eigenvalue weighted by atomic mass is 9.72. The number of benzene rings is 1. The van der Waals surface area contributed by atoms with E-state index in [4.69, 9.17) is 14.1 Å².